The average molecular weight is 241 g/mol. The zero-order chi connectivity index (χ0) is 12.5. The van der Waals surface area contributed by atoms with Crippen molar-refractivity contribution in [2.75, 3.05) is 0 Å². The van der Waals surface area contributed by atoms with Gasteiger partial charge in [-0.2, -0.15) is 0 Å². The van der Waals surface area contributed by atoms with Gasteiger partial charge in [-0.05, 0) is 19.3 Å². The Hall–Kier alpha value is -0.570. The Morgan fingerprint density at radius 2 is 1.88 bits per heavy atom. The molecule has 17 heavy (non-hydrogen) atoms. The Labute approximate surface area is 105 Å². The molecule has 1 aliphatic carbocycles. The van der Waals surface area contributed by atoms with Gasteiger partial charge in [0.2, 0.25) is 5.91 Å². The van der Waals surface area contributed by atoms with Gasteiger partial charge in [-0.15, -0.1) is 0 Å². The third-order valence-corrected chi connectivity index (χ3v) is 3.58. The molecule has 0 aromatic rings. The molecule has 0 saturated heterocycles. The maximum absolute atomic E-state index is 11.7. The van der Waals surface area contributed by atoms with E-state index in [1.54, 1.807) is 0 Å². The van der Waals surface area contributed by atoms with E-state index in [1.807, 2.05) is 0 Å². The number of unbranched alkanes of at least 4 members (excludes halogenated alkanes) is 4. The molecule has 100 valence electrons. The van der Waals surface area contributed by atoms with Gasteiger partial charge in [0.15, 0.2) is 0 Å². The highest BCUT2D eigenvalue weighted by Gasteiger charge is 2.23. The highest BCUT2D eigenvalue weighted by atomic mass is 16.3. The number of rotatable bonds is 7. The molecule has 3 nitrogen and oxygen atoms in total. The summed E-state index contributed by atoms with van der Waals surface area (Å²) >= 11 is 0. The number of aliphatic hydroxyl groups is 1. The lowest BCUT2D eigenvalue weighted by atomic mass is 9.92. The predicted molar refractivity (Wildman–Crippen MR) is 69.8 cm³/mol. The smallest absolute Gasteiger partial charge is 0.220 e. The van der Waals surface area contributed by atoms with Crippen LogP contribution in [0.25, 0.3) is 0 Å². The van der Waals surface area contributed by atoms with Gasteiger partial charge in [0.05, 0.1) is 12.1 Å². The molecule has 1 saturated carbocycles. The van der Waals surface area contributed by atoms with Gasteiger partial charge in [0.25, 0.3) is 0 Å². The Bertz CT molecular complexity index is 218. The molecule has 0 bridgehead atoms. The fourth-order valence-corrected chi connectivity index (χ4v) is 2.45. The zero-order valence-electron chi connectivity index (χ0n) is 11.1. The second-order valence-corrected chi connectivity index (χ2v) is 5.19. The summed E-state index contributed by atoms with van der Waals surface area (Å²) in [7, 11) is 0. The molecule has 0 unspecified atom stereocenters. The van der Waals surface area contributed by atoms with Crippen LogP contribution in [0.2, 0.25) is 0 Å². The number of hydrogen-bond acceptors (Lipinski definition) is 2. The fourth-order valence-electron chi connectivity index (χ4n) is 2.45. The molecule has 3 heteroatoms. The summed E-state index contributed by atoms with van der Waals surface area (Å²) in [6, 6.07) is 0.00638. The molecule has 1 fully saturated rings. The van der Waals surface area contributed by atoms with Crippen molar-refractivity contribution in [2.24, 2.45) is 0 Å². The molecular formula is C14H27NO2. The molecule has 0 aromatic heterocycles. The Kier molecular flexibility index (Phi) is 7.25. The van der Waals surface area contributed by atoms with Crippen molar-refractivity contribution < 1.29 is 9.90 Å². The van der Waals surface area contributed by atoms with Gasteiger partial charge in [-0.25, -0.2) is 0 Å². The molecule has 1 amide bonds. The van der Waals surface area contributed by atoms with E-state index in [0.29, 0.717) is 6.42 Å². The number of nitrogens with one attached hydrogen (secondary N) is 1. The third kappa shape index (κ3) is 6.06. The second-order valence-electron chi connectivity index (χ2n) is 5.19. The summed E-state index contributed by atoms with van der Waals surface area (Å²) in [6.45, 7) is 2.19. The van der Waals surface area contributed by atoms with E-state index in [1.165, 1.54) is 19.3 Å². The highest BCUT2D eigenvalue weighted by Crippen LogP contribution is 2.18. The minimum absolute atomic E-state index is 0.00638. The standard InChI is InChI=1S/C14H27NO2/c1-2-3-4-5-6-11-14(17)15-12-9-7-8-10-13(12)16/h12-13,16H,2-11H2,1H3,(H,15,17)/t12-,13-/m1/s1. The van der Waals surface area contributed by atoms with Crippen molar-refractivity contribution in [2.45, 2.75) is 83.3 Å². The zero-order valence-corrected chi connectivity index (χ0v) is 11.1. The van der Waals surface area contributed by atoms with Gasteiger partial charge in [0, 0.05) is 6.42 Å². The van der Waals surface area contributed by atoms with Crippen molar-refractivity contribution in [3.63, 3.8) is 0 Å². The quantitative estimate of drug-likeness (QED) is 0.673. The van der Waals surface area contributed by atoms with Crippen molar-refractivity contribution in [1.29, 1.82) is 0 Å². The number of carbonyl (C=O) groups is 1. The third-order valence-electron chi connectivity index (χ3n) is 3.58. The Balaban J connectivity index is 2.07. The minimum atomic E-state index is -0.326. The summed E-state index contributed by atoms with van der Waals surface area (Å²) in [6.07, 6.45) is 10.1. The monoisotopic (exact) mass is 241 g/mol. The highest BCUT2D eigenvalue weighted by molar-refractivity contribution is 5.76. The number of hydrogen-bond donors (Lipinski definition) is 2. The molecule has 0 radical (unpaired) electrons. The SMILES string of the molecule is CCCCCCCC(=O)N[C@@H]1CCCC[C@H]1O. The topological polar surface area (TPSA) is 49.3 Å². The first kappa shape index (κ1) is 14.5. The lowest BCUT2D eigenvalue weighted by molar-refractivity contribution is -0.123. The summed E-state index contributed by atoms with van der Waals surface area (Å²) in [5, 5.41) is 12.7. The largest absolute Gasteiger partial charge is 0.391 e. The van der Waals surface area contributed by atoms with Crippen LogP contribution in [0.1, 0.15) is 71.1 Å². The molecular weight excluding hydrogens is 214 g/mol. The number of carbonyl (C=O) groups excluding carboxylic acids is 1. The van der Waals surface area contributed by atoms with Crippen LogP contribution < -0.4 is 5.32 Å². The van der Waals surface area contributed by atoms with Crippen molar-refractivity contribution in [3.8, 4) is 0 Å². The molecule has 0 aliphatic heterocycles. The maximum atomic E-state index is 11.7. The summed E-state index contributed by atoms with van der Waals surface area (Å²) in [5.74, 6) is 0.118. The lowest BCUT2D eigenvalue weighted by Crippen LogP contribution is -2.44. The number of aliphatic hydroxyl groups excluding tert-OH is 1. The first-order valence-electron chi connectivity index (χ1n) is 7.21. The van der Waals surface area contributed by atoms with Crippen LogP contribution in [0.3, 0.4) is 0 Å². The average Bonchev–Trinajstić information content (AvgIpc) is 2.32. The molecule has 1 rings (SSSR count). The molecule has 0 heterocycles. The van der Waals surface area contributed by atoms with E-state index >= 15 is 0 Å². The van der Waals surface area contributed by atoms with Crippen molar-refractivity contribution in [3.05, 3.63) is 0 Å². The number of amides is 1. The van der Waals surface area contributed by atoms with Gasteiger partial charge in [-0.1, -0.05) is 45.4 Å². The van der Waals surface area contributed by atoms with Crippen LogP contribution in [0.15, 0.2) is 0 Å². The van der Waals surface area contributed by atoms with E-state index < -0.39 is 0 Å². The summed E-state index contributed by atoms with van der Waals surface area (Å²) < 4.78 is 0. The van der Waals surface area contributed by atoms with Gasteiger partial charge < -0.3 is 10.4 Å². The van der Waals surface area contributed by atoms with E-state index in [0.717, 1.165) is 38.5 Å². The van der Waals surface area contributed by atoms with Gasteiger partial charge in [0.1, 0.15) is 0 Å². The van der Waals surface area contributed by atoms with Crippen LogP contribution in [0, 0.1) is 0 Å². The normalized spacial score (nSPS) is 24.6. The molecule has 2 N–H and O–H groups in total. The van der Waals surface area contributed by atoms with Crippen molar-refractivity contribution >= 4 is 5.91 Å². The fraction of sp³-hybridized carbons (Fsp3) is 0.929. The van der Waals surface area contributed by atoms with E-state index in [9.17, 15) is 9.90 Å². The maximum Gasteiger partial charge on any atom is 0.220 e. The van der Waals surface area contributed by atoms with Gasteiger partial charge >= 0.3 is 0 Å². The predicted octanol–water partition coefficient (Wildman–Crippen LogP) is 2.77. The van der Waals surface area contributed by atoms with Crippen LogP contribution >= 0.6 is 0 Å². The molecule has 0 spiro atoms. The van der Waals surface area contributed by atoms with Crippen LogP contribution in [0.4, 0.5) is 0 Å². The first-order valence-corrected chi connectivity index (χ1v) is 7.21. The Morgan fingerprint density at radius 3 is 2.59 bits per heavy atom. The van der Waals surface area contributed by atoms with Crippen LogP contribution in [-0.4, -0.2) is 23.2 Å². The second kappa shape index (κ2) is 8.51. The van der Waals surface area contributed by atoms with Gasteiger partial charge in [-0.3, -0.25) is 4.79 Å². The van der Waals surface area contributed by atoms with Crippen LogP contribution in [-0.2, 0) is 4.79 Å². The van der Waals surface area contributed by atoms with E-state index in [4.69, 9.17) is 0 Å². The summed E-state index contributed by atoms with van der Waals surface area (Å²) in [4.78, 5) is 11.7. The lowest BCUT2D eigenvalue weighted by Gasteiger charge is -2.28. The minimum Gasteiger partial charge on any atom is -0.391 e. The van der Waals surface area contributed by atoms with E-state index in [2.05, 4.69) is 12.2 Å². The Morgan fingerprint density at radius 1 is 1.18 bits per heavy atom. The van der Waals surface area contributed by atoms with E-state index in [-0.39, 0.29) is 18.1 Å². The molecule has 1 aliphatic rings. The molecule has 2 atom stereocenters. The summed E-state index contributed by atoms with van der Waals surface area (Å²) in [5.41, 5.74) is 0. The van der Waals surface area contributed by atoms with Crippen LogP contribution in [0.5, 0.6) is 0 Å². The van der Waals surface area contributed by atoms with Crippen molar-refractivity contribution in [1.82, 2.24) is 5.32 Å². The first-order chi connectivity index (χ1) is 8.24. The molecule has 0 aromatic carbocycles.